The predicted octanol–water partition coefficient (Wildman–Crippen LogP) is 5.49. The van der Waals surface area contributed by atoms with E-state index in [1.807, 2.05) is 60.8 Å². The van der Waals surface area contributed by atoms with Gasteiger partial charge in [-0.2, -0.15) is 5.10 Å². The molecule has 0 spiro atoms. The van der Waals surface area contributed by atoms with E-state index >= 15 is 0 Å². The number of ether oxygens (including phenoxy) is 2. The predicted molar refractivity (Wildman–Crippen MR) is 119 cm³/mol. The van der Waals surface area contributed by atoms with Crippen LogP contribution in [-0.4, -0.2) is 18.3 Å². The van der Waals surface area contributed by atoms with E-state index in [1.54, 1.807) is 19.5 Å². The molecule has 0 saturated carbocycles. The average Bonchev–Trinajstić information content (AvgIpc) is 2.72. The Bertz CT molecular complexity index is 893. The molecule has 2 aromatic carbocycles. The van der Waals surface area contributed by atoms with Gasteiger partial charge in [0.25, 0.3) is 0 Å². The number of methoxy groups -OCH3 is 1. The number of aromatic nitrogens is 1. The van der Waals surface area contributed by atoms with Gasteiger partial charge in [-0.05, 0) is 35.4 Å². The second-order valence-electron chi connectivity index (χ2n) is 5.73. The molecule has 3 rings (SSSR count). The highest BCUT2D eigenvalue weighted by atomic mass is 79.9. The van der Waals surface area contributed by atoms with Gasteiger partial charge in [-0.1, -0.05) is 46.3 Å². The molecule has 1 N–H and O–H groups in total. The number of halogens is 2. The van der Waals surface area contributed by atoms with Gasteiger partial charge in [0.1, 0.15) is 6.61 Å². The van der Waals surface area contributed by atoms with Crippen molar-refractivity contribution in [1.82, 2.24) is 4.98 Å². The highest BCUT2D eigenvalue weighted by molar-refractivity contribution is 9.10. The Labute approximate surface area is 179 Å². The molecular formula is C21H21BrClN3O2. The Morgan fingerprint density at radius 3 is 2.54 bits per heavy atom. The summed E-state index contributed by atoms with van der Waals surface area (Å²) >= 11 is 3.59. The molecule has 0 unspecified atom stereocenters. The van der Waals surface area contributed by atoms with Gasteiger partial charge in [-0.15, -0.1) is 12.4 Å². The average molecular weight is 463 g/mol. The zero-order valence-electron chi connectivity index (χ0n) is 15.3. The Kier molecular flexibility index (Phi) is 8.78. The Morgan fingerprint density at radius 1 is 1.07 bits per heavy atom. The monoisotopic (exact) mass is 461 g/mol. The molecule has 7 heteroatoms. The smallest absolute Gasteiger partial charge is 0.162 e. The number of nitrogens with one attached hydrogen (secondary N) is 1. The Morgan fingerprint density at radius 2 is 1.82 bits per heavy atom. The van der Waals surface area contributed by atoms with E-state index < -0.39 is 0 Å². The van der Waals surface area contributed by atoms with E-state index in [0.29, 0.717) is 24.5 Å². The molecule has 0 aliphatic heterocycles. The van der Waals surface area contributed by atoms with Crippen LogP contribution in [0.15, 0.2) is 76.6 Å². The van der Waals surface area contributed by atoms with Crippen LogP contribution < -0.4 is 14.9 Å². The molecule has 28 heavy (non-hydrogen) atoms. The number of pyridine rings is 1. The van der Waals surface area contributed by atoms with Crippen molar-refractivity contribution in [3.63, 3.8) is 0 Å². The summed E-state index contributed by atoms with van der Waals surface area (Å²) in [7, 11) is 1.64. The van der Waals surface area contributed by atoms with Crippen LogP contribution in [0.5, 0.6) is 11.5 Å². The standard InChI is InChI=1S/C21H20BrN3O2.ClH/c1-26-20-14-19(22)17(7-12-24-25-18-8-10-23-11-9-18)13-21(20)27-15-16-5-3-2-4-6-16;/h2-6,8-14H,7,15H2,1H3,(H,23,25);1H/b24-12+;. The molecule has 1 heterocycles. The van der Waals surface area contributed by atoms with Gasteiger partial charge < -0.3 is 9.47 Å². The van der Waals surface area contributed by atoms with Gasteiger partial charge in [0.2, 0.25) is 0 Å². The molecule has 0 aliphatic carbocycles. The first-order chi connectivity index (χ1) is 13.3. The first-order valence-corrected chi connectivity index (χ1v) is 9.26. The fourth-order valence-electron chi connectivity index (χ4n) is 2.43. The Hall–Kier alpha value is -2.57. The quantitative estimate of drug-likeness (QED) is 0.355. The molecule has 0 atom stereocenters. The maximum atomic E-state index is 5.97. The van der Waals surface area contributed by atoms with Crippen LogP contribution in [0, 0.1) is 0 Å². The summed E-state index contributed by atoms with van der Waals surface area (Å²) in [4.78, 5) is 3.97. The maximum Gasteiger partial charge on any atom is 0.162 e. The van der Waals surface area contributed by atoms with Gasteiger partial charge in [-0.3, -0.25) is 10.4 Å². The zero-order chi connectivity index (χ0) is 18.9. The summed E-state index contributed by atoms with van der Waals surface area (Å²) in [5.41, 5.74) is 6.03. The Balaban J connectivity index is 0.00000280. The van der Waals surface area contributed by atoms with E-state index in [1.165, 1.54) is 0 Å². The lowest BCUT2D eigenvalue weighted by molar-refractivity contribution is 0.284. The van der Waals surface area contributed by atoms with E-state index in [9.17, 15) is 0 Å². The van der Waals surface area contributed by atoms with Crippen LogP contribution in [0.25, 0.3) is 0 Å². The highest BCUT2D eigenvalue weighted by Gasteiger charge is 2.10. The van der Waals surface area contributed by atoms with Gasteiger partial charge >= 0.3 is 0 Å². The number of anilines is 1. The van der Waals surface area contributed by atoms with Crippen LogP contribution in [0.1, 0.15) is 11.1 Å². The van der Waals surface area contributed by atoms with Crippen LogP contribution in [-0.2, 0) is 13.0 Å². The third-order valence-electron chi connectivity index (χ3n) is 3.85. The summed E-state index contributed by atoms with van der Waals surface area (Å²) in [5.74, 6) is 1.39. The lowest BCUT2D eigenvalue weighted by Gasteiger charge is -2.13. The molecule has 146 valence electrons. The molecule has 0 fully saturated rings. The van der Waals surface area contributed by atoms with Crippen molar-refractivity contribution in [3.8, 4) is 11.5 Å². The maximum absolute atomic E-state index is 5.97. The minimum absolute atomic E-state index is 0. The molecule has 3 aromatic rings. The highest BCUT2D eigenvalue weighted by Crippen LogP contribution is 2.34. The number of hydrazone groups is 1. The number of hydrogen-bond acceptors (Lipinski definition) is 5. The normalized spacial score (nSPS) is 10.4. The second-order valence-corrected chi connectivity index (χ2v) is 6.59. The lowest BCUT2D eigenvalue weighted by Crippen LogP contribution is -2.00. The second kappa shape index (κ2) is 11.3. The largest absolute Gasteiger partial charge is 0.493 e. The van der Waals surface area contributed by atoms with Crippen molar-refractivity contribution in [1.29, 1.82) is 0 Å². The molecular weight excluding hydrogens is 442 g/mol. The summed E-state index contributed by atoms with van der Waals surface area (Å²) in [5, 5.41) is 4.25. The van der Waals surface area contributed by atoms with Crippen molar-refractivity contribution < 1.29 is 9.47 Å². The van der Waals surface area contributed by atoms with Crippen LogP contribution >= 0.6 is 28.3 Å². The van der Waals surface area contributed by atoms with Gasteiger partial charge in [0, 0.05) is 29.5 Å². The van der Waals surface area contributed by atoms with Crippen LogP contribution in [0.3, 0.4) is 0 Å². The van der Waals surface area contributed by atoms with Crippen molar-refractivity contribution in [2.45, 2.75) is 13.0 Å². The van der Waals surface area contributed by atoms with E-state index in [0.717, 1.165) is 21.3 Å². The van der Waals surface area contributed by atoms with Crippen LogP contribution in [0.2, 0.25) is 0 Å². The summed E-state index contributed by atoms with van der Waals surface area (Å²) in [6.45, 7) is 0.482. The number of hydrogen-bond donors (Lipinski definition) is 1. The fraction of sp³-hybridized carbons (Fsp3) is 0.143. The van der Waals surface area contributed by atoms with E-state index in [-0.39, 0.29) is 12.4 Å². The summed E-state index contributed by atoms with van der Waals surface area (Å²) in [6, 6.07) is 17.6. The van der Waals surface area contributed by atoms with Gasteiger partial charge in [-0.25, -0.2) is 0 Å². The van der Waals surface area contributed by atoms with Gasteiger partial charge in [0.15, 0.2) is 11.5 Å². The minimum atomic E-state index is 0. The topological polar surface area (TPSA) is 55.7 Å². The van der Waals surface area contributed by atoms with Crippen LogP contribution in [0.4, 0.5) is 5.69 Å². The third kappa shape index (κ3) is 6.25. The first kappa shape index (κ1) is 21.7. The summed E-state index contributed by atoms with van der Waals surface area (Å²) in [6.07, 6.45) is 5.89. The van der Waals surface area contributed by atoms with Gasteiger partial charge in [0.05, 0.1) is 12.8 Å². The fourth-order valence-corrected chi connectivity index (χ4v) is 2.92. The number of rotatable bonds is 8. The third-order valence-corrected chi connectivity index (χ3v) is 4.58. The molecule has 0 radical (unpaired) electrons. The zero-order valence-corrected chi connectivity index (χ0v) is 17.7. The molecule has 0 amide bonds. The molecule has 0 bridgehead atoms. The van der Waals surface area contributed by atoms with Crippen molar-refractivity contribution in [2.75, 3.05) is 12.5 Å². The lowest BCUT2D eigenvalue weighted by atomic mass is 10.1. The first-order valence-electron chi connectivity index (χ1n) is 8.47. The number of nitrogens with zero attached hydrogens (tertiary/aromatic N) is 2. The minimum Gasteiger partial charge on any atom is -0.493 e. The summed E-state index contributed by atoms with van der Waals surface area (Å²) < 4.78 is 12.4. The van der Waals surface area contributed by atoms with Crippen molar-refractivity contribution in [2.24, 2.45) is 5.10 Å². The molecule has 5 nitrogen and oxygen atoms in total. The molecule has 1 aromatic heterocycles. The molecule has 0 aliphatic rings. The SMILES string of the molecule is COc1cc(Br)c(C/C=N/Nc2ccncc2)cc1OCc1ccccc1.Cl. The molecule has 0 saturated heterocycles. The van der Waals surface area contributed by atoms with E-state index in [2.05, 4.69) is 31.4 Å². The van der Waals surface area contributed by atoms with E-state index in [4.69, 9.17) is 9.47 Å². The van der Waals surface area contributed by atoms with Crippen molar-refractivity contribution >= 4 is 40.2 Å². The van der Waals surface area contributed by atoms with Crippen molar-refractivity contribution in [3.05, 3.63) is 82.6 Å². The number of benzene rings is 2.